The average Bonchev–Trinajstić information content (AvgIpc) is 3.41. The molecular weight excluding hydrogens is 490 g/mol. The van der Waals surface area contributed by atoms with Crippen LogP contribution in [0.2, 0.25) is 0 Å². The van der Waals surface area contributed by atoms with Crippen molar-refractivity contribution in [2.24, 2.45) is 11.8 Å². The predicted octanol–water partition coefficient (Wildman–Crippen LogP) is 1.00. The summed E-state index contributed by atoms with van der Waals surface area (Å²) in [6, 6.07) is 8.06. The number of fused-ring (bicyclic) bond motifs is 1. The van der Waals surface area contributed by atoms with Crippen molar-refractivity contribution in [1.82, 2.24) is 15.5 Å². The van der Waals surface area contributed by atoms with Crippen LogP contribution in [0.15, 0.2) is 30.3 Å². The molecule has 3 fully saturated rings. The summed E-state index contributed by atoms with van der Waals surface area (Å²) in [5.74, 6) is -2.30. The lowest BCUT2D eigenvalue weighted by molar-refractivity contribution is -0.145. The number of unbranched alkanes of at least 4 members (excludes halogenated alkanes) is 1. The number of carbonyl (C=O) groups excluding carboxylic acids is 3. The summed E-state index contributed by atoms with van der Waals surface area (Å²) in [6.45, 7) is 2.24. The summed E-state index contributed by atoms with van der Waals surface area (Å²) < 4.78 is 6.40. The van der Waals surface area contributed by atoms with Gasteiger partial charge in [-0.05, 0) is 24.8 Å². The first kappa shape index (κ1) is 24.2. The highest BCUT2D eigenvalue weighted by Gasteiger charge is 2.76. The minimum absolute atomic E-state index is 0.142. The van der Waals surface area contributed by atoms with Crippen molar-refractivity contribution in [1.29, 1.82) is 0 Å². The summed E-state index contributed by atoms with van der Waals surface area (Å²) >= 11 is 3.64. The van der Waals surface area contributed by atoms with Crippen LogP contribution in [0.3, 0.4) is 0 Å². The maximum absolute atomic E-state index is 13.9. The summed E-state index contributed by atoms with van der Waals surface area (Å²) in [5.41, 5.74) is -0.150. The summed E-state index contributed by atoms with van der Waals surface area (Å²) in [5, 5.41) is 16.0. The SMILES string of the molecule is CCCCNC(=O)C1N([C@@H](CO)Cc2ccccc2)C(=O)[C@@H]2[C@H](C(=O)NC)[C@H]3OC12CC3Br. The van der Waals surface area contributed by atoms with Gasteiger partial charge in [0.25, 0.3) is 0 Å². The van der Waals surface area contributed by atoms with Crippen molar-refractivity contribution in [3.05, 3.63) is 35.9 Å². The van der Waals surface area contributed by atoms with Crippen LogP contribution in [-0.4, -0.2) is 76.5 Å². The number of rotatable bonds is 9. The molecule has 3 amide bonds. The number of halogens is 1. The zero-order chi connectivity index (χ0) is 23.8. The van der Waals surface area contributed by atoms with Gasteiger partial charge in [-0.15, -0.1) is 0 Å². The summed E-state index contributed by atoms with van der Waals surface area (Å²) in [6.07, 6.45) is 2.12. The standard InChI is InChI=1S/C24H32BrN3O5/c1-3-4-10-27-22(31)20-24-12-16(25)19(33-24)17(21(30)26-2)18(24)23(32)28(20)15(13-29)11-14-8-6-5-7-9-14/h5-9,15-20,29H,3-4,10-13H2,1-2H3,(H,26,30)(H,27,31)/t15-,16?,17+,18+,19+,20?,24?/m1/s1. The molecule has 1 aromatic carbocycles. The second kappa shape index (κ2) is 9.72. The van der Waals surface area contributed by atoms with E-state index in [1.165, 1.54) is 4.90 Å². The van der Waals surface area contributed by atoms with Crippen LogP contribution in [0.25, 0.3) is 0 Å². The molecule has 33 heavy (non-hydrogen) atoms. The highest BCUT2D eigenvalue weighted by molar-refractivity contribution is 9.09. The predicted molar refractivity (Wildman–Crippen MR) is 126 cm³/mol. The first-order chi connectivity index (χ1) is 15.9. The van der Waals surface area contributed by atoms with Gasteiger partial charge in [0.05, 0.1) is 30.6 Å². The number of aliphatic hydroxyl groups is 1. The molecule has 1 aromatic rings. The number of hydrogen-bond acceptors (Lipinski definition) is 5. The van der Waals surface area contributed by atoms with Crippen molar-refractivity contribution in [3.63, 3.8) is 0 Å². The molecule has 7 atom stereocenters. The van der Waals surface area contributed by atoms with Crippen molar-refractivity contribution >= 4 is 33.7 Å². The van der Waals surface area contributed by atoms with Crippen LogP contribution in [0.4, 0.5) is 0 Å². The largest absolute Gasteiger partial charge is 0.394 e. The Labute approximate surface area is 202 Å². The molecule has 3 N–H and O–H groups in total. The highest BCUT2D eigenvalue weighted by atomic mass is 79.9. The fourth-order valence-electron chi connectivity index (χ4n) is 5.85. The third-order valence-electron chi connectivity index (χ3n) is 7.27. The van der Waals surface area contributed by atoms with Crippen molar-refractivity contribution in [2.45, 2.75) is 61.2 Å². The van der Waals surface area contributed by atoms with Gasteiger partial charge in [0.1, 0.15) is 11.6 Å². The molecule has 8 nitrogen and oxygen atoms in total. The van der Waals surface area contributed by atoms with E-state index in [1.807, 2.05) is 37.3 Å². The Kier molecular flexibility index (Phi) is 7.12. The average molecular weight is 522 g/mol. The zero-order valence-electron chi connectivity index (χ0n) is 19.0. The number of likely N-dealkylation sites (tertiary alicyclic amines) is 1. The second-order valence-electron chi connectivity index (χ2n) is 9.19. The zero-order valence-corrected chi connectivity index (χ0v) is 20.6. The number of benzene rings is 1. The number of hydrogen-bond donors (Lipinski definition) is 3. The lowest BCUT2D eigenvalue weighted by Crippen LogP contribution is -2.58. The third-order valence-corrected chi connectivity index (χ3v) is 8.12. The molecule has 0 aromatic heterocycles. The minimum atomic E-state index is -1.10. The highest BCUT2D eigenvalue weighted by Crippen LogP contribution is 2.60. The maximum Gasteiger partial charge on any atom is 0.245 e. The van der Waals surface area contributed by atoms with Gasteiger partial charge in [-0.25, -0.2) is 0 Å². The molecule has 2 bridgehead atoms. The van der Waals surface area contributed by atoms with Crippen LogP contribution in [0.5, 0.6) is 0 Å². The molecule has 3 saturated heterocycles. The molecule has 3 unspecified atom stereocenters. The monoisotopic (exact) mass is 521 g/mol. The van der Waals surface area contributed by atoms with Gasteiger partial charge in [0, 0.05) is 18.4 Å². The van der Waals surface area contributed by atoms with E-state index < -0.39 is 35.6 Å². The summed E-state index contributed by atoms with van der Waals surface area (Å²) in [7, 11) is 1.54. The molecule has 0 saturated carbocycles. The van der Waals surface area contributed by atoms with Crippen LogP contribution < -0.4 is 10.6 Å². The topological polar surface area (TPSA) is 108 Å². The maximum atomic E-state index is 13.9. The molecule has 3 heterocycles. The van der Waals surface area contributed by atoms with E-state index in [4.69, 9.17) is 4.74 Å². The Balaban J connectivity index is 1.73. The van der Waals surface area contributed by atoms with Gasteiger partial charge in [0.2, 0.25) is 17.7 Å². The normalized spacial score (nSPS) is 33.2. The number of carbonyl (C=O) groups is 3. The summed E-state index contributed by atoms with van der Waals surface area (Å²) in [4.78, 5) is 41.6. The molecule has 1 spiro atoms. The lowest BCUT2D eigenvalue weighted by atomic mass is 9.70. The second-order valence-corrected chi connectivity index (χ2v) is 10.4. The van der Waals surface area contributed by atoms with Crippen LogP contribution >= 0.6 is 15.9 Å². The molecule has 3 aliphatic rings. The van der Waals surface area contributed by atoms with Gasteiger partial charge in [0.15, 0.2) is 0 Å². The van der Waals surface area contributed by atoms with E-state index in [1.54, 1.807) is 7.05 Å². The third kappa shape index (κ3) is 3.98. The Hall–Kier alpha value is -1.97. The molecule has 3 aliphatic heterocycles. The van der Waals surface area contributed by atoms with Crippen molar-refractivity contribution < 1.29 is 24.2 Å². The van der Waals surface area contributed by atoms with Crippen LogP contribution in [0.1, 0.15) is 31.7 Å². The molecule has 9 heteroatoms. The van der Waals surface area contributed by atoms with E-state index in [0.717, 1.165) is 18.4 Å². The number of amides is 3. The minimum Gasteiger partial charge on any atom is -0.394 e. The van der Waals surface area contributed by atoms with E-state index in [0.29, 0.717) is 19.4 Å². The fraction of sp³-hybridized carbons (Fsp3) is 0.625. The number of nitrogens with zero attached hydrogens (tertiary/aromatic N) is 1. The van der Waals surface area contributed by atoms with E-state index >= 15 is 0 Å². The van der Waals surface area contributed by atoms with E-state index in [-0.39, 0.29) is 29.2 Å². The smallest absolute Gasteiger partial charge is 0.245 e. The molecular formula is C24H32BrN3O5. The first-order valence-electron chi connectivity index (χ1n) is 11.7. The van der Waals surface area contributed by atoms with Crippen LogP contribution in [-0.2, 0) is 25.5 Å². The van der Waals surface area contributed by atoms with Gasteiger partial charge >= 0.3 is 0 Å². The molecule has 0 aliphatic carbocycles. The first-order valence-corrected chi connectivity index (χ1v) is 12.6. The molecule has 4 rings (SSSR count). The molecule has 180 valence electrons. The fourth-order valence-corrected chi connectivity index (χ4v) is 6.79. The van der Waals surface area contributed by atoms with Gasteiger partial charge in [-0.2, -0.15) is 0 Å². The molecule has 0 radical (unpaired) electrons. The number of alkyl halides is 1. The Morgan fingerprint density at radius 3 is 2.67 bits per heavy atom. The number of nitrogens with one attached hydrogen (secondary N) is 2. The Morgan fingerprint density at radius 1 is 1.30 bits per heavy atom. The lowest BCUT2D eigenvalue weighted by Gasteiger charge is -2.37. The van der Waals surface area contributed by atoms with Crippen LogP contribution in [0, 0.1) is 11.8 Å². The Bertz CT molecular complexity index is 899. The van der Waals surface area contributed by atoms with Crippen molar-refractivity contribution in [2.75, 3.05) is 20.2 Å². The number of aliphatic hydroxyl groups excluding tert-OH is 1. The van der Waals surface area contributed by atoms with Gasteiger partial charge < -0.3 is 25.4 Å². The van der Waals surface area contributed by atoms with E-state index in [2.05, 4.69) is 26.6 Å². The quantitative estimate of drug-likeness (QED) is 0.332. The van der Waals surface area contributed by atoms with Crippen molar-refractivity contribution in [3.8, 4) is 0 Å². The van der Waals surface area contributed by atoms with E-state index in [9.17, 15) is 19.5 Å². The van der Waals surface area contributed by atoms with Gasteiger partial charge in [-0.3, -0.25) is 14.4 Å². The Morgan fingerprint density at radius 2 is 2.03 bits per heavy atom. The number of ether oxygens (including phenoxy) is 1. The van der Waals surface area contributed by atoms with Gasteiger partial charge in [-0.1, -0.05) is 59.6 Å².